The van der Waals surface area contributed by atoms with Crippen molar-refractivity contribution in [2.75, 3.05) is 12.4 Å². The van der Waals surface area contributed by atoms with Gasteiger partial charge in [0.05, 0.1) is 12.0 Å². The van der Waals surface area contributed by atoms with E-state index in [9.17, 15) is 23.1 Å². The molecule has 3 aromatic rings. The lowest BCUT2D eigenvalue weighted by molar-refractivity contribution is -0.140. The molecular formula is C19H20N2O6S2. The molecular weight excluding hydrogens is 416 g/mol. The van der Waals surface area contributed by atoms with Crippen LogP contribution in [0.1, 0.15) is 13.8 Å². The Morgan fingerprint density at radius 2 is 1.69 bits per heavy atom. The van der Waals surface area contributed by atoms with Gasteiger partial charge in [-0.1, -0.05) is 13.8 Å². The first-order valence-electron chi connectivity index (χ1n) is 8.69. The van der Waals surface area contributed by atoms with Crippen molar-refractivity contribution in [3.05, 3.63) is 36.4 Å². The van der Waals surface area contributed by atoms with Crippen molar-refractivity contribution < 1.29 is 27.9 Å². The van der Waals surface area contributed by atoms with E-state index in [2.05, 4.69) is 14.8 Å². The van der Waals surface area contributed by atoms with E-state index < -0.39 is 34.0 Å². The number of anilines is 1. The van der Waals surface area contributed by atoms with Crippen LogP contribution in [0.3, 0.4) is 0 Å². The van der Waals surface area contributed by atoms with Crippen LogP contribution in [0.2, 0.25) is 0 Å². The molecule has 0 saturated heterocycles. The van der Waals surface area contributed by atoms with Crippen LogP contribution in [0.15, 0.2) is 41.3 Å². The van der Waals surface area contributed by atoms with Gasteiger partial charge in [0.15, 0.2) is 0 Å². The van der Waals surface area contributed by atoms with Crippen LogP contribution < -0.4 is 10.0 Å². The highest BCUT2D eigenvalue weighted by Gasteiger charge is 2.28. The van der Waals surface area contributed by atoms with Gasteiger partial charge in [0.25, 0.3) is 0 Å². The number of benzene rings is 2. The average Bonchev–Trinajstić information content (AvgIpc) is 3.02. The molecule has 29 heavy (non-hydrogen) atoms. The lowest BCUT2D eigenvalue weighted by Gasteiger charge is -2.18. The quantitative estimate of drug-likeness (QED) is 0.543. The van der Waals surface area contributed by atoms with Crippen molar-refractivity contribution >= 4 is 59.3 Å². The SMILES string of the molecule is COC(=O)Nc1ccc2sc3ccc(S(=O)(=O)N[C@@H](C(=O)O)C(C)C)cc3c2c1. The summed E-state index contributed by atoms with van der Waals surface area (Å²) in [4.78, 5) is 22.8. The van der Waals surface area contributed by atoms with E-state index >= 15 is 0 Å². The lowest BCUT2D eigenvalue weighted by Crippen LogP contribution is -2.44. The van der Waals surface area contributed by atoms with Gasteiger partial charge in [-0.05, 0) is 42.3 Å². The zero-order valence-electron chi connectivity index (χ0n) is 15.9. The maximum Gasteiger partial charge on any atom is 0.411 e. The highest BCUT2D eigenvalue weighted by Crippen LogP contribution is 2.36. The van der Waals surface area contributed by atoms with Crippen molar-refractivity contribution in [2.45, 2.75) is 24.8 Å². The fourth-order valence-corrected chi connectivity index (χ4v) is 5.31. The van der Waals surface area contributed by atoms with E-state index in [0.29, 0.717) is 11.1 Å². The van der Waals surface area contributed by atoms with Gasteiger partial charge in [0, 0.05) is 25.9 Å². The highest BCUT2D eigenvalue weighted by atomic mass is 32.2. The minimum absolute atomic E-state index is 0.0251. The van der Waals surface area contributed by atoms with Crippen LogP contribution in [-0.2, 0) is 19.6 Å². The average molecular weight is 437 g/mol. The molecule has 1 amide bonds. The molecule has 3 rings (SSSR count). The molecule has 1 aromatic heterocycles. The molecule has 1 heterocycles. The molecule has 2 aromatic carbocycles. The summed E-state index contributed by atoms with van der Waals surface area (Å²) in [6.45, 7) is 3.26. The van der Waals surface area contributed by atoms with Gasteiger partial charge in [0.1, 0.15) is 6.04 Å². The van der Waals surface area contributed by atoms with E-state index in [4.69, 9.17) is 0 Å². The second-order valence-electron chi connectivity index (χ2n) is 6.77. The van der Waals surface area contributed by atoms with E-state index in [-0.39, 0.29) is 4.90 Å². The summed E-state index contributed by atoms with van der Waals surface area (Å²) in [5, 5.41) is 13.3. The second-order valence-corrected chi connectivity index (χ2v) is 9.57. The maximum absolute atomic E-state index is 12.8. The van der Waals surface area contributed by atoms with Crippen molar-refractivity contribution in [3.63, 3.8) is 0 Å². The molecule has 0 aliphatic rings. The zero-order chi connectivity index (χ0) is 21.3. The number of nitrogens with one attached hydrogen (secondary N) is 2. The van der Waals surface area contributed by atoms with Crippen molar-refractivity contribution in [1.29, 1.82) is 0 Å². The minimum Gasteiger partial charge on any atom is -0.480 e. The number of carboxylic acids is 1. The number of carbonyl (C=O) groups is 2. The molecule has 1 atom stereocenters. The summed E-state index contributed by atoms with van der Waals surface area (Å²) in [6.07, 6.45) is -0.607. The monoisotopic (exact) mass is 436 g/mol. The van der Waals surface area contributed by atoms with Gasteiger partial charge in [0.2, 0.25) is 10.0 Å². The number of carbonyl (C=O) groups excluding carboxylic acids is 1. The Morgan fingerprint density at radius 1 is 1.07 bits per heavy atom. The topological polar surface area (TPSA) is 122 Å². The Labute approximate surface area is 171 Å². The first-order chi connectivity index (χ1) is 13.6. The normalized spacial score (nSPS) is 13.0. The molecule has 10 heteroatoms. The number of rotatable bonds is 6. The number of fused-ring (bicyclic) bond motifs is 3. The number of hydrogen-bond donors (Lipinski definition) is 3. The van der Waals surface area contributed by atoms with E-state index in [1.807, 2.05) is 6.07 Å². The number of hydrogen-bond acceptors (Lipinski definition) is 6. The van der Waals surface area contributed by atoms with Crippen molar-refractivity contribution in [2.24, 2.45) is 5.92 Å². The van der Waals surface area contributed by atoms with Gasteiger partial charge in [-0.25, -0.2) is 13.2 Å². The maximum atomic E-state index is 12.8. The van der Waals surface area contributed by atoms with Crippen LogP contribution in [0.25, 0.3) is 20.2 Å². The Morgan fingerprint density at radius 3 is 2.28 bits per heavy atom. The third-order valence-corrected chi connectivity index (χ3v) is 6.99. The standard InChI is InChI=1S/C19H20N2O6S2/c1-10(2)17(18(22)23)21-29(25,26)12-5-7-16-14(9-12)13-8-11(20-19(24)27-3)4-6-15(13)28-16/h4-10,17,21H,1-3H3,(H,20,24)(H,22,23)/t17-/m1/s1. The molecule has 8 nitrogen and oxygen atoms in total. The summed E-state index contributed by atoms with van der Waals surface area (Å²) in [7, 11) is -2.77. The van der Waals surface area contributed by atoms with Gasteiger partial charge >= 0.3 is 12.1 Å². The Bertz CT molecular complexity index is 1200. The molecule has 0 unspecified atom stereocenters. The Balaban J connectivity index is 2.06. The zero-order valence-corrected chi connectivity index (χ0v) is 17.6. The number of carboxylic acid groups (broad SMARTS) is 1. The van der Waals surface area contributed by atoms with Crippen LogP contribution in [0.5, 0.6) is 0 Å². The first kappa shape index (κ1) is 21.0. The highest BCUT2D eigenvalue weighted by molar-refractivity contribution is 7.89. The molecule has 0 saturated carbocycles. The van der Waals surface area contributed by atoms with Crippen molar-refractivity contribution in [1.82, 2.24) is 4.72 Å². The third kappa shape index (κ3) is 4.34. The minimum atomic E-state index is -4.04. The molecule has 0 bridgehead atoms. The third-order valence-electron chi connectivity index (χ3n) is 4.40. The molecule has 154 valence electrons. The van der Waals surface area contributed by atoms with Crippen LogP contribution in [0, 0.1) is 5.92 Å². The number of amides is 1. The predicted molar refractivity (Wildman–Crippen MR) is 112 cm³/mol. The number of thiophene rings is 1. The summed E-state index contributed by atoms with van der Waals surface area (Å²) < 4.78 is 34.2. The molecule has 0 radical (unpaired) electrons. The molecule has 0 fully saturated rings. The molecule has 0 aliphatic heterocycles. The van der Waals surface area contributed by atoms with Crippen molar-refractivity contribution in [3.8, 4) is 0 Å². The Kier molecular flexibility index (Phi) is 5.78. The first-order valence-corrected chi connectivity index (χ1v) is 11.0. The van der Waals surface area contributed by atoms with Gasteiger partial charge in [-0.3, -0.25) is 10.1 Å². The Hall–Kier alpha value is -2.69. The molecule has 0 aliphatic carbocycles. The number of ether oxygens (including phenoxy) is 1. The summed E-state index contributed by atoms with van der Waals surface area (Å²) >= 11 is 1.48. The van der Waals surface area contributed by atoms with Gasteiger partial charge < -0.3 is 9.84 Å². The van der Waals surface area contributed by atoms with Gasteiger partial charge in [-0.2, -0.15) is 4.72 Å². The van der Waals surface area contributed by atoms with E-state index in [1.165, 1.54) is 30.6 Å². The smallest absolute Gasteiger partial charge is 0.411 e. The summed E-state index contributed by atoms with van der Waals surface area (Å²) in [5.74, 6) is -1.65. The van der Waals surface area contributed by atoms with E-state index in [0.717, 1.165) is 14.8 Å². The largest absolute Gasteiger partial charge is 0.480 e. The fraction of sp³-hybridized carbons (Fsp3) is 0.263. The fourth-order valence-electron chi connectivity index (χ4n) is 2.88. The summed E-state index contributed by atoms with van der Waals surface area (Å²) in [5.41, 5.74) is 0.515. The summed E-state index contributed by atoms with van der Waals surface area (Å²) in [6, 6.07) is 8.72. The lowest BCUT2D eigenvalue weighted by atomic mass is 10.1. The van der Waals surface area contributed by atoms with Crippen LogP contribution >= 0.6 is 11.3 Å². The number of sulfonamides is 1. The van der Waals surface area contributed by atoms with Gasteiger partial charge in [-0.15, -0.1) is 11.3 Å². The van der Waals surface area contributed by atoms with Crippen LogP contribution in [0.4, 0.5) is 10.5 Å². The molecule has 3 N–H and O–H groups in total. The number of aliphatic carboxylic acids is 1. The molecule has 0 spiro atoms. The van der Waals surface area contributed by atoms with E-state index in [1.54, 1.807) is 32.0 Å². The van der Waals surface area contributed by atoms with Crippen LogP contribution in [-0.4, -0.2) is 38.7 Å². The predicted octanol–water partition coefficient (Wildman–Crippen LogP) is 3.62. The number of methoxy groups -OCH3 is 1. The second kappa shape index (κ2) is 7.97.